The van der Waals surface area contributed by atoms with Crippen LogP contribution in [0.3, 0.4) is 0 Å². The molecule has 14 heavy (non-hydrogen) atoms. The first-order valence-corrected chi connectivity index (χ1v) is 4.28. The van der Waals surface area contributed by atoms with E-state index in [0.717, 1.165) is 5.56 Å². The molecule has 0 aromatic heterocycles. The van der Waals surface area contributed by atoms with E-state index in [1.165, 1.54) is 0 Å². The Labute approximate surface area is 82.1 Å². The molecule has 0 radical (unpaired) electrons. The predicted molar refractivity (Wildman–Crippen MR) is 51.9 cm³/mol. The van der Waals surface area contributed by atoms with Crippen molar-refractivity contribution in [3.63, 3.8) is 0 Å². The highest BCUT2D eigenvalue weighted by atomic mass is 16.5. The summed E-state index contributed by atoms with van der Waals surface area (Å²) in [5.41, 5.74) is 1.68. The molecule has 1 N–H and O–H groups in total. The maximum atomic E-state index is 11.3. The Balaban J connectivity index is 2.27. The van der Waals surface area contributed by atoms with E-state index in [-0.39, 0.29) is 12.5 Å². The molecule has 0 aliphatic carbocycles. The summed E-state index contributed by atoms with van der Waals surface area (Å²) in [6, 6.07) is 5.41. The Bertz CT molecular complexity index is 418. The number of hydrogen-bond donors (Lipinski definition) is 1. The van der Waals surface area contributed by atoms with Crippen molar-refractivity contribution in [3.05, 3.63) is 29.3 Å². The summed E-state index contributed by atoms with van der Waals surface area (Å²) < 4.78 is 5.21. The molecule has 0 saturated carbocycles. The van der Waals surface area contributed by atoms with Gasteiger partial charge in [-0.25, -0.2) is 0 Å². The number of benzene rings is 1. The van der Waals surface area contributed by atoms with E-state index in [9.17, 15) is 4.79 Å². The second-order valence-electron chi connectivity index (χ2n) is 2.99. The van der Waals surface area contributed by atoms with Crippen LogP contribution in [0.2, 0.25) is 0 Å². The number of nitrogens with one attached hydrogen (secondary N) is 1. The number of terminal acetylenes is 1. The maximum absolute atomic E-state index is 11.3. The minimum absolute atomic E-state index is 0.0499. The maximum Gasteiger partial charge on any atom is 0.252 e. The number of hydrogen-bond acceptors (Lipinski definition) is 2. The number of fused-ring (bicyclic) bond motifs is 1. The average molecular weight is 187 g/mol. The van der Waals surface area contributed by atoms with Crippen LogP contribution in [0.15, 0.2) is 18.2 Å². The molecule has 0 saturated heterocycles. The fraction of sp³-hybridized carbons (Fsp3) is 0.182. The van der Waals surface area contributed by atoms with Gasteiger partial charge in [0.25, 0.3) is 5.91 Å². The third-order valence-corrected chi connectivity index (χ3v) is 2.09. The Morgan fingerprint density at radius 2 is 2.43 bits per heavy atom. The van der Waals surface area contributed by atoms with Crippen molar-refractivity contribution in [2.24, 2.45) is 0 Å². The van der Waals surface area contributed by atoms with Crippen LogP contribution < -0.4 is 10.1 Å². The van der Waals surface area contributed by atoms with Gasteiger partial charge >= 0.3 is 0 Å². The molecule has 1 aromatic carbocycles. The zero-order valence-electron chi connectivity index (χ0n) is 7.54. The quantitative estimate of drug-likeness (QED) is 0.700. The third kappa shape index (κ3) is 1.42. The van der Waals surface area contributed by atoms with Crippen molar-refractivity contribution < 1.29 is 9.53 Å². The summed E-state index contributed by atoms with van der Waals surface area (Å²) in [5, 5.41) is 2.73. The number of carbonyl (C=O) groups excluding carboxylic acids is 1. The van der Waals surface area contributed by atoms with Gasteiger partial charge in [0, 0.05) is 12.1 Å². The standard InChI is InChI=1S/C11H9NO2/c1-2-5-14-9-4-3-8-7-12-11(13)10(8)6-9/h1,3-4,6H,5,7H2,(H,12,13). The topological polar surface area (TPSA) is 38.3 Å². The molecule has 0 atom stereocenters. The van der Waals surface area contributed by atoms with Crippen LogP contribution in [0, 0.1) is 12.3 Å². The van der Waals surface area contributed by atoms with Gasteiger partial charge < -0.3 is 10.1 Å². The Morgan fingerprint density at radius 3 is 3.21 bits per heavy atom. The molecule has 2 rings (SSSR count). The summed E-state index contributed by atoms with van der Waals surface area (Å²) in [7, 11) is 0. The molecule has 70 valence electrons. The number of ether oxygens (including phenoxy) is 1. The molecule has 0 unspecified atom stereocenters. The number of carbonyl (C=O) groups is 1. The monoisotopic (exact) mass is 187 g/mol. The number of amides is 1. The van der Waals surface area contributed by atoms with Gasteiger partial charge in [-0.2, -0.15) is 0 Å². The highest BCUT2D eigenvalue weighted by molar-refractivity contribution is 5.98. The smallest absolute Gasteiger partial charge is 0.252 e. The Morgan fingerprint density at radius 1 is 1.57 bits per heavy atom. The molecule has 1 aliphatic rings. The van der Waals surface area contributed by atoms with Gasteiger partial charge in [-0.3, -0.25) is 4.79 Å². The second-order valence-corrected chi connectivity index (χ2v) is 2.99. The second kappa shape index (κ2) is 3.43. The van der Waals surface area contributed by atoms with Crippen molar-refractivity contribution in [2.45, 2.75) is 6.54 Å². The first-order valence-electron chi connectivity index (χ1n) is 4.28. The minimum Gasteiger partial charge on any atom is -0.481 e. The largest absolute Gasteiger partial charge is 0.481 e. The summed E-state index contributed by atoms with van der Waals surface area (Å²) in [6.07, 6.45) is 5.06. The van der Waals surface area contributed by atoms with Crippen molar-refractivity contribution in [1.29, 1.82) is 0 Å². The lowest BCUT2D eigenvalue weighted by molar-refractivity contribution is 0.0965. The van der Waals surface area contributed by atoms with Gasteiger partial charge in [-0.05, 0) is 17.7 Å². The van der Waals surface area contributed by atoms with E-state index in [4.69, 9.17) is 11.2 Å². The summed E-state index contributed by atoms with van der Waals surface area (Å²) >= 11 is 0. The third-order valence-electron chi connectivity index (χ3n) is 2.09. The lowest BCUT2D eigenvalue weighted by atomic mass is 10.1. The van der Waals surface area contributed by atoms with Crippen molar-refractivity contribution >= 4 is 5.91 Å². The van der Waals surface area contributed by atoms with E-state index in [1.54, 1.807) is 6.07 Å². The molecule has 3 nitrogen and oxygen atoms in total. The van der Waals surface area contributed by atoms with E-state index in [2.05, 4.69) is 11.2 Å². The summed E-state index contributed by atoms with van der Waals surface area (Å²) in [4.78, 5) is 11.3. The van der Waals surface area contributed by atoms with Crippen molar-refractivity contribution in [3.8, 4) is 18.1 Å². The molecule has 1 aliphatic heterocycles. The predicted octanol–water partition coefficient (Wildman–Crippen LogP) is 0.942. The first kappa shape index (κ1) is 8.64. The van der Waals surface area contributed by atoms with Gasteiger partial charge in [-0.1, -0.05) is 12.0 Å². The fourth-order valence-corrected chi connectivity index (χ4v) is 1.41. The zero-order valence-corrected chi connectivity index (χ0v) is 7.54. The average Bonchev–Trinajstić information content (AvgIpc) is 2.57. The van der Waals surface area contributed by atoms with Crippen LogP contribution in [0.5, 0.6) is 5.75 Å². The van der Waals surface area contributed by atoms with Gasteiger partial charge in [0.15, 0.2) is 0 Å². The minimum atomic E-state index is -0.0499. The summed E-state index contributed by atoms with van der Waals surface area (Å²) in [6.45, 7) is 0.823. The molecule has 3 heteroatoms. The normalized spacial score (nSPS) is 12.9. The number of rotatable bonds is 2. The first-order chi connectivity index (χ1) is 6.81. The zero-order chi connectivity index (χ0) is 9.97. The van der Waals surface area contributed by atoms with Crippen molar-refractivity contribution in [1.82, 2.24) is 5.32 Å². The molecule has 0 fully saturated rings. The van der Waals surface area contributed by atoms with Gasteiger partial charge in [-0.15, -0.1) is 6.42 Å². The van der Waals surface area contributed by atoms with Crippen LogP contribution in [0.25, 0.3) is 0 Å². The van der Waals surface area contributed by atoms with Crippen molar-refractivity contribution in [2.75, 3.05) is 6.61 Å². The molecular formula is C11H9NO2. The lowest BCUT2D eigenvalue weighted by Gasteiger charge is -2.03. The highest BCUT2D eigenvalue weighted by Gasteiger charge is 2.18. The summed E-state index contributed by atoms with van der Waals surface area (Å²) in [5.74, 6) is 2.96. The van der Waals surface area contributed by atoms with Gasteiger partial charge in [0.05, 0.1) is 0 Å². The SMILES string of the molecule is C#CCOc1ccc2c(c1)C(=O)NC2. The molecular weight excluding hydrogens is 178 g/mol. The van der Waals surface area contributed by atoms with Crippen LogP contribution in [0.4, 0.5) is 0 Å². The van der Waals surface area contributed by atoms with Gasteiger partial charge in [0.1, 0.15) is 12.4 Å². The molecule has 0 bridgehead atoms. The van der Waals surface area contributed by atoms with Crippen LogP contribution in [-0.4, -0.2) is 12.5 Å². The van der Waals surface area contributed by atoms with E-state index in [0.29, 0.717) is 17.9 Å². The molecule has 1 amide bonds. The van der Waals surface area contributed by atoms with Gasteiger partial charge in [0.2, 0.25) is 0 Å². The molecule has 0 spiro atoms. The van der Waals surface area contributed by atoms with E-state index < -0.39 is 0 Å². The van der Waals surface area contributed by atoms with Crippen LogP contribution in [0.1, 0.15) is 15.9 Å². The Hall–Kier alpha value is -1.95. The van der Waals surface area contributed by atoms with Crippen LogP contribution >= 0.6 is 0 Å². The molecule has 1 aromatic rings. The Kier molecular flexibility index (Phi) is 2.11. The van der Waals surface area contributed by atoms with E-state index >= 15 is 0 Å². The fourth-order valence-electron chi connectivity index (χ4n) is 1.41. The molecule has 1 heterocycles. The van der Waals surface area contributed by atoms with Crippen LogP contribution in [-0.2, 0) is 6.54 Å². The lowest BCUT2D eigenvalue weighted by Crippen LogP contribution is -2.12. The highest BCUT2D eigenvalue weighted by Crippen LogP contribution is 2.21. The van der Waals surface area contributed by atoms with E-state index in [1.807, 2.05) is 12.1 Å².